The van der Waals surface area contributed by atoms with Crippen LogP contribution in [0.1, 0.15) is 13.8 Å². The Morgan fingerprint density at radius 1 is 1.30 bits per heavy atom. The van der Waals surface area contributed by atoms with Crippen LogP contribution in [0.5, 0.6) is 0 Å². The number of carbonyl (C=O) groups is 2. The number of hydrogen-bond acceptors (Lipinski definition) is 7. The SMILES string of the molecule is CC(=O)OC[C@H]1O[C@@H](NS(N)(=O)=O)C=C[C@@H]1OC(C)=O. The van der Waals surface area contributed by atoms with E-state index in [4.69, 9.17) is 19.3 Å². The van der Waals surface area contributed by atoms with Crippen molar-refractivity contribution in [2.45, 2.75) is 32.3 Å². The van der Waals surface area contributed by atoms with Gasteiger partial charge in [0.15, 0.2) is 0 Å². The number of carbonyl (C=O) groups excluding carboxylic acids is 2. The van der Waals surface area contributed by atoms with E-state index in [9.17, 15) is 18.0 Å². The molecule has 0 fully saturated rings. The fourth-order valence-electron chi connectivity index (χ4n) is 1.51. The van der Waals surface area contributed by atoms with Gasteiger partial charge in [0, 0.05) is 13.8 Å². The summed E-state index contributed by atoms with van der Waals surface area (Å²) in [6, 6.07) is 0. The van der Waals surface area contributed by atoms with Crippen molar-refractivity contribution in [1.29, 1.82) is 0 Å². The van der Waals surface area contributed by atoms with Crippen LogP contribution in [0.4, 0.5) is 0 Å². The highest BCUT2D eigenvalue weighted by molar-refractivity contribution is 7.87. The molecular weight excluding hydrogens is 292 g/mol. The second-order valence-electron chi connectivity index (χ2n) is 4.02. The molecule has 0 saturated carbocycles. The maximum atomic E-state index is 11.0. The number of nitrogens with two attached hydrogens (primary N) is 1. The van der Waals surface area contributed by atoms with E-state index in [0.717, 1.165) is 0 Å². The van der Waals surface area contributed by atoms with E-state index < -0.39 is 40.6 Å². The maximum absolute atomic E-state index is 11.0. The third-order valence-corrected chi connectivity index (χ3v) is 2.76. The zero-order valence-corrected chi connectivity index (χ0v) is 11.8. The van der Waals surface area contributed by atoms with Crippen LogP contribution in [0, 0.1) is 0 Å². The van der Waals surface area contributed by atoms with E-state index in [1.807, 2.05) is 4.72 Å². The second kappa shape index (κ2) is 6.79. The second-order valence-corrected chi connectivity index (χ2v) is 5.35. The Kier molecular flexibility index (Phi) is 5.62. The van der Waals surface area contributed by atoms with Gasteiger partial charge in [-0.3, -0.25) is 9.59 Å². The minimum Gasteiger partial charge on any atom is -0.463 e. The van der Waals surface area contributed by atoms with Gasteiger partial charge in [-0.05, 0) is 12.2 Å². The minimum atomic E-state index is -3.96. The van der Waals surface area contributed by atoms with Gasteiger partial charge >= 0.3 is 11.9 Å². The molecule has 0 unspecified atom stereocenters. The molecule has 0 aromatic rings. The lowest BCUT2D eigenvalue weighted by molar-refractivity contribution is -0.163. The van der Waals surface area contributed by atoms with E-state index in [0.29, 0.717) is 0 Å². The number of esters is 2. The molecule has 0 saturated heterocycles. The minimum absolute atomic E-state index is 0.194. The Morgan fingerprint density at radius 2 is 1.95 bits per heavy atom. The summed E-state index contributed by atoms with van der Waals surface area (Å²) in [5, 5.41) is 4.83. The lowest BCUT2D eigenvalue weighted by Crippen LogP contribution is -2.48. The van der Waals surface area contributed by atoms with Crippen LogP contribution in [-0.4, -0.2) is 45.4 Å². The summed E-state index contributed by atoms with van der Waals surface area (Å²) in [5.74, 6) is -1.09. The molecule has 0 aromatic heterocycles. The summed E-state index contributed by atoms with van der Waals surface area (Å²) in [4.78, 5) is 21.7. The average molecular weight is 308 g/mol. The highest BCUT2D eigenvalue weighted by Gasteiger charge is 2.31. The van der Waals surface area contributed by atoms with E-state index in [1.165, 1.54) is 26.0 Å². The summed E-state index contributed by atoms with van der Waals surface area (Å²) in [7, 11) is -3.96. The standard InChI is InChI=1S/C10H16N2O7S/c1-6(13)17-5-9-8(18-7(2)14)3-4-10(19-9)12-20(11,15)16/h3-4,8-10,12H,5H2,1-2H3,(H2,11,15,16)/t8-,9+,10+/m0/s1. The van der Waals surface area contributed by atoms with Crippen LogP contribution in [0.3, 0.4) is 0 Å². The number of hydrogen-bond donors (Lipinski definition) is 2. The van der Waals surface area contributed by atoms with Crippen molar-refractivity contribution in [2.75, 3.05) is 6.61 Å². The molecule has 3 N–H and O–H groups in total. The van der Waals surface area contributed by atoms with Gasteiger partial charge in [0.25, 0.3) is 10.2 Å². The Balaban J connectivity index is 2.76. The summed E-state index contributed by atoms with van der Waals surface area (Å²) in [5.41, 5.74) is 0. The molecule has 0 aliphatic carbocycles. The zero-order valence-electron chi connectivity index (χ0n) is 10.9. The van der Waals surface area contributed by atoms with Gasteiger partial charge < -0.3 is 14.2 Å². The van der Waals surface area contributed by atoms with E-state index in [1.54, 1.807) is 0 Å². The number of ether oxygens (including phenoxy) is 3. The van der Waals surface area contributed by atoms with Crippen molar-refractivity contribution in [2.24, 2.45) is 5.14 Å². The van der Waals surface area contributed by atoms with Crippen molar-refractivity contribution < 1.29 is 32.2 Å². The molecule has 1 aliphatic heterocycles. The first kappa shape index (κ1) is 16.6. The first-order chi connectivity index (χ1) is 9.17. The van der Waals surface area contributed by atoms with Crippen molar-refractivity contribution >= 4 is 22.1 Å². The first-order valence-corrected chi connectivity index (χ1v) is 7.16. The molecule has 0 spiro atoms. The summed E-state index contributed by atoms with van der Waals surface area (Å²) in [6.07, 6.45) is 0.110. The highest BCUT2D eigenvalue weighted by atomic mass is 32.2. The Hall–Kier alpha value is -1.49. The number of rotatable bonds is 5. The molecule has 1 aliphatic rings. The van der Waals surface area contributed by atoms with Gasteiger partial charge in [-0.25, -0.2) is 5.14 Å². The third-order valence-electron chi connectivity index (χ3n) is 2.20. The van der Waals surface area contributed by atoms with E-state index in [-0.39, 0.29) is 6.61 Å². The van der Waals surface area contributed by atoms with Crippen molar-refractivity contribution in [1.82, 2.24) is 4.72 Å². The fourth-order valence-corrected chi connectivity index (χ4v) is 1.97. The summed E-state index contributed by atoms with van der Waals surface area (Å²) in [6.45, 7) is 2.23. The lowest BCUT2D eigenvalue weighted by Gasteiger charge is -2.31. The highest BCUT2D eigenvalue weighted by Crippen LogP contribution is 2.16. The van der Waals surface area contributed by atoms with Gasteiger partial charge in [-0.2, -0.15) is 13.1 Å². The van der Waals surface area contributed by atoms with E-state index in [2.05, 4.69) is 0 Å². The smallest absolute Gasteiger partial charge is 0.303 e. The molecule has 114 valence electrons. The van der Waals surface area contributed by atoms with Crippen LogP contribution < -0.4 is 9.86 Å². The molecule has 10 heteroatoms. The fraction of sp³-hybridized carbons (Fsp3) is 0.600. The van der Waals surface area contributed by atoms with Gasteiger partial charge in [-0.1, -0.05) is 0 Å². The molecular formula is C10H16N2O7S. The Labute approximate surface area is 116 Å². The van der Waals surface area contributed by atoms with Gasteiger partial charge in [0.05, 0.1) is 0 Å². The normalized spacial score (nSPS) is 26.1. The van der Waals surface area contributed by atoms with Crippen LogP contribution in [0.15, 0.2) is 12.2 Å². The first-order valence-electron chi connectivity index (χ1n) is 5.62. The van der Waals surface area contributed by atoms with Gasteiger partial charge in [0.2, 0.25) is 0 Å². The van der Waals surface area contributed by atoms with Crippen LogP contribution in [-0.2, 0) is 34.0 Å². The summed E-state index contributed by atoms with van der Waals surface area (Å²) >= 11 is 0. The molecule has 0 aromatic carbocycles. The molecule has 1 heterocycles. The molecule has 0 amide bonds. The zero-order chi connectivity index (χ0) is 15.3. The van der Waals surface area contributed by atoms with Crippen molar-refractivity contribution in [3.05, 3.63) is 12.2 Å². The Morgan fingerprint density at radius 3 is 2.45 bits per heavy atom. The predicted molar refractivity (Wildman–Crippen MR) is 66.2 cm³/mol. The molecule has 0 radical (unpaired) electrons. The third kappa shape index (κ3) is 6.10. The average Bonchev–Trinajstić information content (AvgIpc) is 2.26. The largest absolute Gasteiger partial charge is 0.463 e. The van der Waals surface area contributed by atoms with Crippen molar-refractivity contribution in [3.8, 4) is 0 Å². The predicted octanol–water partition coefficient (Wildman–Crippen LogP) is -1.44. The molecule has 20 heavy (non-hydrogen) atoms. The maximum Gasteiger partial charge on any atom is 0.303 e. The molecule has 9 nitrogen and oxygen atoms in total. The monoisotopic (exact) mass is 308 g/mol. The van der Waals surface area contributed by atoms with Crippen LogP contribution >= 0.6 is 0 Å². The number of nitrogens with one attached hydrogen (secondary N) is 1. The van der Waals surface area contributed by atoms with Gasteiger partial charge in [-0.15, -0.1) is 0 Å². The van der Waals surface area contributed by atoms with Crippen molar-refractivity contribution in [3.63, 3.8) is 0 Å². The topological polar surface area (TPSA) is 134 Å². The van der Waals surface area contributed by atoms with Crippen LogP contribution in [0.2, 0.25) is 0 Å². The lowest BCUT2D eigenvalue weighted by atomic mass is 10.1. The molecule has 0 bridgehead atoms. The molecule has 3 atom stereocenters. The van der Waals surface area contributed by atoms with Gasteiger partial charge in [0.1, 0.15) is 25.0 Å². The Bertz CT molecular complexity index is 502. The van der Waals surface area contributed by atoms with Crippen LogP contribution in [0.25, 0.3) is 0 Å². The van der Waals surface area contributed by atoms with E-state index >= 15 is 0 Å². The quantitative estimate of drug-likeness (QED) is 0.469. The summed E-state index contributed by atoms with van der Waals surface area (Å²) < 4.78 is 38.9. The molecule has 1 rings (SSSR count).